The van der Waals surface area contributed by atoms with Gasteiger partial charge in [-0.3, -0.25) is 9.59 Å². The highest BCUT2D eigenvalue weighted by Crippen LogP contribution is 2.48. The highest BCUT2D eigenvalue weighted by molar-refractivity contribution is 6.00. The topological polar surface area (TPSA) is 124 Å². The summed E-state index contributed by atoms with van der Waals surface area (Å²) in [5, 5.41) is 12.7. The molecule has 3 N–H and O–H groups in total. The van der Waals surface area contributed by atoms with Gasteiger partial charge in [0, 0.05) is 24.1 Å². The first kappa shape index (κ1) is 25.8. The number of hydrogen-bond acceptors (Lipinski definition) is 7. The largest absolute Gasteiger partial charge is 0.493 e. The molecule has 1 aliphatic carbocycles. The maximum atomic E-state index is 13.2. The van der Waals surface area contributed by atoms with Crippen LogP contribution in [0.4, 0.5) is 5.69 Å². The van der Waals surface area contributed by atoms with E-state index < -0.39 is 5.92 Å². The smallest absolute Gasteiger partial charge is 0.262 e. The summed E-state index contributed by atoms with van der Waals surface area (Å²) in [5.74, 6) is 0.174. The second kappa shape index (κ2) is 10.0. The number of hydrogen-bond donors (Lipinski definition) is 2. The molecule has 0 bridgehead atoms. The van der Waals surface area contributed by atoms with Crippen LogP contribution in [0.5, 0.6) is 11.5 Å². The van der Waals surface area contributed by atoms with E-state index in [0.29, 0.717) is 41.2 Å². The summed E-state index contributed by atoms with van der Waals surface area (Å²) in [6.45, 7) is 7.65. The Hall–Kier alpha value is -4.25. The number of nitrogens with one attached hydrogen (secondary N) is 1. The molecule has 0 saturated carbocycles. The van der Waals surface area contributed by atoms with Gasteiger partial charge in [0.1, 0.15) is 17.4 Å². The van der Waals surface area contributed by atoms with Gasteiger partial charge in [0.05, 0.1) is 13.0 Å². The van der Waals surface area contributed by atoms with Crippen LogP contribution >= 0.6 is 0 Å². The van der Waals surface area contributed by atoms with Crippen molar-refractivity contribution < 1.29 is 23.8 Å². The zero-order valence-corrected chi connectivity index (χ0v) is 21.7. The molecule has 1 aliphatic heterocycles. The van der Waals surface area contributed by atoms with Gasteiger partial charge in [0.25, 0.3) is 5.91 Å². The number of ketones is 1. The van der Waals surface area contributed by atoms with Crippen molar-refractivity contribution in [3.8, 4) is 17.6 Å². The van der Waals surface area contributed by atoms with E-state index in [4.69, 9.17) is 19.9 Å². The average molecular weight is 502 g/mol. The molecule has 8 heteroatoms. The number of anilines is 1. The van der Waals surface area contributed by atoms with E-state index in [1.807, 2.05) is 45.9 Å². The zero-order chi connectivity index (χ0) is 26.9. The lowest BCUT2D eigenvalue weighted by Crippen LogP contribution is -2.33. The Morgan fingerprint density at radius 3 is 2.65 bits per heavy atom. The molecule has 2 aromatic carbocycles. The van der Waals surface area contributed by atoms with Crippen LogP contribution in [0.2, 0.25) is 0 Å². The molecule has 0 radical (unpaired) electrons. The van der Waals surface area contributed by atoms with E-state index in [9.17, 15) is 14.9 Å². The summed E-state index contributed by atoms with van der Waals surface area (Å²) in [5.41, 5.74) is 9.84. The number of amides is 1. The van der Waals surface area contributed by atoms with Crippen molar-refractivity contribution in [2.75, 3.05) is 19.0 Å². The van der Waals surface area contributed by atoms with Crippen molar-refractivity contribution in [1.82, 2.24) is 0 Å². The van der Waals surface area contributed by atoms with Crippen molar-refractivity contribution in [1.29, 1.82) is 5.26 Å². The van der Waals surface area contributed by atoms with E-state index in [0.717, 1.165) is 16.8 Å². The first-order valence-corrected chi connectivity index (χ1v) is 12.0. The van der Waals surface area contributed by atoms with Gasteiger partial charge in [-0.05, 0) is 54.2 Å². The standard InChI is InChI=1S/C29H31N3O5/c1-16-6-7-17(2)20(10-16)32-25(34)15-36-22-9-8-18(11-23(22)35-5)26-19(14-30)28(31)37-24-13-29(3,4)12-21(33)27(24)26/h6-11,26H,12-13,15,31H2,1-5H3,(H,32,34)/t26-/m1/s1. The Labute approximate surface area is 216 Å². The van der Waals surface area contributed by atoms with E-state index in [-0.39, 0.29) is 35.2 Å². The molecular formula is C29H31N3O5. The van der Waals surface area contributed by atoms with Gasteiger partial charge in [-0.25, -0.2) is 0 Å². The van der Waals surface area contributed by atoms with Gasteiger partial charge in [0.2, 0.25) is 5.88 Å². The molecule has 1 heterocycles. The van der Waals surface area contributed by atoms with E-state index in [1.165, 1.54) is 7.11 Å². The fourth-order valence-corrected chi connectivity index (χ4v) is 4.80. The highest BCUT2D eigenvalue weighted by atomic mass is 16.5. The number of benzene rings is 2. The van der Waals surface area contributed by atoms with Crippen LogP contribution in [-0.4, -0.2) is 25.4 Å². The summed E-state index contributed by atoms with van der Waals surface area (Å²) >= 11 is 0. The van der Waals surface area contributed by atoms with Crippen LogP contribution in [0, 0.1) is 30.6 Å². The lowest BCUT2D eigenvalue weighted by molar-refractivity contribution is -0.119. The first-order chi connectivity index (χ1) is 17.5. The number of nitrogens with zero attached hydrogens (tertiary/aromatic N) is 1. The lowest BCUT2D eigenvalue weighted by Gasteiger charge is -2.37. The second-order valence-corrected chi connectivity index (χ2v) is 10.3. The molecule has 0 fully saturated rings. The molecule has 1 amide bonds. The molecule has 192 valence electrons. The number of methoxy groups -OCH3 is 1. The first-order valence-electron chi connectivity index (χ1n) is 12.0. The Kier molecular flexibility index (Phi) is 6.99. The molecule has 0 spiro atoms. The Morgan fingerprint density at radius 2 is 1.95 bits per heavy atom. The number of allylic oxidation sites excluding steroid dienone is 3. The third kappa shape index (κ3) is 5.31. The fourth-order valence-electron chi connectivity index (χ4n) is 4.80. The molecule has 2 aromatic rings. The number of nitrogens with two attached hydrogens (primary N) is 1. The molecular weight excluding hydrogens is 470 g/mol. The number of carbonyl (C=O) groups is 2. The number of carbonyl (C=O) groups excluding carboxylic acids is 2. The van der Waals surface area contributed by atoms with Crippen molar-refractivity contribution in [3.63, 3.8) is 0 Å². The van der Waals surface area contributed by atoms with Crippen molar-refractivity contribution in [2.45, 2.75) is 46.5 Å². The molecule has 37 heavy (non-hydrogen) atoms. The van der Waals surface area contributed by atoms with Crippen LogP contribution in [0.15, 0.2) is 59.2 Å². The zero-order valence-electron chi connectivity index (χ0n) is 21.7. The summed E-state index contributed by atoms with van der Waals surface area (Å²) in [4.78, 5) is 25.7. The predicted octanol–water partition coefficient (Wildman–Crippen LogP) is 4.78. The number of rotatable bonds is 6. The van der Waals surface area contributed by atoms with E-state index in [2.05, 4.69) is 11.4 Å². The summed E-state index contributed by atoms with van der Waals surface area (Å²) < 4.78 is 17.1. The van der Waals surface area contributed by atoms with Gasteiger partial charge in [-0.2, -0.15) is 5.26 Å². The quantitative estimate of drug-likeness (QED) is 0.584. The molecule has 4 rings (SSSR count). The van der Waals surface area contributed by atoms with Crippen LogP contribution in [-0.2, 0) is 14.3 Å². The van der Waals surface area contributed by atoms with Crippen molar-refractivity contribution in [2.24, 2.45) is 11.1 Å². The maximum Gasteiger partial charge on any atom is 0.262 e. The third-order valence-corrected chi connectivity index (χ3v) is 6.62. The fraction of sp³-hybridized carbons (Fsp3) is 0.345. The van der Waals surface area contributed by atoms with Gasteiger partial charge >= 0.3 is 0 Å². The van der Waals surface area contributed by atoms with Crippen molar-refractivity contribution >= 4 is 17.4 Å². The van der Waals surface area contributed by atoms with Gasteiger partial charge in [0.15, 0.2) is 23.9 Å². The number of aryl methyl sites for hydroxylation is 2. The third-order valence-electron chi connectivity index (χ3n) is 6.62. The molecule has 2 aliphatic rings. The highest BCUT2D eigenvalue weighted by Gasteiger charge is 2.43. The van der Waals surface area contributed by atoms with Crippen LogP contribution in [0.3, 0.4) is 0 Å². The monoisotopic (exact) mass is 501 g/mol. The second-order valence-electron chi connectivity index (χ2n) is 10.3. The number of Topliss-reactive ketones (excluding diaryl/α,β-unsaturated/α-hetero) is 1. The Morgan fingerprint density at radius 1 is 1.19 bits per heavy atom. The minimum atomic E-state index is -0.673. The molecule has 0 aromatic heterocycles. The number of nitriles is 1. The van der Waals surface area contributed by atoms with E-state index >= 15 is 0 Å². The summed E-state index contributed by atoms with van der Waals surface area (Å²) in [6, 6.07) is 13.1. The van der Waals surface area contributed by atoms with Crippen LogP contribution < -0.4 is 20.5 Å². The van der Waals surface area contributed by atoms with Crippen molar-refractivity contribution in [3.05, 3.63) is 75.9 Å². The molecule has 0 saturated heterocycles. The normalized spacial score (nSPS) is 18.5. The van der Waals surface area contributed by atoms with E-state index in [1.54, 1.807) is 18.2 Å². The lowest BCUT2D eigenvalue weighted by atomic mass is 9.70. The van der Waals surface area contributed by atoms with Gasteiger partial charge in [-0.15, -0.1) is 0 Å². The Bertz CT molecular complexity index is 1380. The Balaban J connectivity index is 1.59. The van der Waals surface area contributed by atoms with Gasteiger partial charge < -0.3 is 25.3 Å². The maximum absolute atomic E-state index is 13.2. The minimum absolute atomic E-state index is 0.000781. The van der Waals surface area contributed by atoms with Crippen LogP contribution in [0.1, 0.15) is 49.3 Å². The average Bonchev–Trinajstić information content (AvgIpc) is 2.83. The summed E-state index contributed by atoms with van der Waals surface area (Å²) in [7, 11) is 1.49. The predicted molar refractivity (Wildman–Crippen MR) is 139 cm³/mol. The van der Waals surface area contributed by atoms with Crippen LogP contribution in [0.25, 0.3) is 0 Å². The SMILES string of the molecule is COc1cc([C@@H]2C(C#N)=C(N)OC3=C2C(=O)CC(C)(C)C3)ccc1OCC(=O)Nc1cc(C)ccc1C. The number of ether oxygens (including phenoxy) is 3. The minimum Gasteiger partial charge on any atom is -0.493 e. The van der Waals surface area contributed by atoms with Gasteiger partial charge in [-0.1, -0.05) is 32.0 Å². The summed E-state index contributed by atoms with van der Waals surface area (Å²) in [6.07, 6.45) is 0.885. The molecule has 8 nitrogen and oxygen atoms in total. The molecule has 0 unspecified atom stereocenters. The molecule has 1 atom stereocenters.